The molecule has 20 heavy (non-hydrogen) atoms. The third kappa shape index (κ3) is 4.91. The lowest BCUT2D eigenvalue weighted by Gasteiger charge is -2.21. The predicted molar refractivity (Wildman–Crippen MR) is 77.5 cm³/mol. The van der Waals surface area contributed by atoms with E-state index in [0.717, 1.165) is 19.3 Å². The van der Waals surface area contributed by atoms with Gasteiger partial charge in [-0.25, -0.2) is 9.59 Å². The fourth-order valence-corrected chi connectivity index (χ4v) is 1.87. The SMILES string of the molecule is CCCCCN(C)C(=O)N[C@@H](C(=O)O)c1ccccc1. The number of carbonyl (C=O) groups is 2. The Morgan fingerprint density at radius 2 is 1.90 bits per heavy atom. The van der Waals surface area contributed by atoms with Gasteiger partial charge in [-0.15, -0.1) is 0 Å². The number of unbranched alkanes of at least 4 members (excludes halogenated alkanes) is 2. The van der Waals surface area contributed by atoms with E-state index in [1.54, 1.807) is 37.4 Å². The van der Waals surface area contributed by atoms with Gasteiger partial charge in [0.2, 0.25) is 0 Å². The zero-order valence-corrected chi connectivity index (χ0v) is 12.0. The minimum absolute atomic E-state index is 0.364. The van der Waals surface area contributed by atoms with Crippen molar-refractivity contribution in [1.82, 2.24) is 10.2 Å². The third-order valence-corrected chi connectivity index (χ3v) is 3.09. The molecular weight excluding hydrogens is 256 g/mol. The molecule has 0 bridgehead atoms. The fourth-order valence-electron chi connectivity index (χ4n) is 1.87. The molecule has 0 spiro atoms. The lowest BCUT2D eigenvalue weighted by Crippen LogP contribution is -2.42. The van der Waals surface area contributed by atoms with E-state index in [-0.39, 0.29) is 6.03 Å². The summed E-state index contributed by atoms with van der Waals surface area (Å²) < 4.78 is 0. The van der Waals surface area contributed by atoms with E-state index in [1.807, 2.05) is 0 Å². The summed E-state index contributed by atoms with van der Waals surface area (Å²) in [7, 11) is 1.68. The van der Waals surface area contributed by atoms with Crippen LogP contribution in [0.25, 0.3) is 0 Å². The van der Waals surface area contributed by atoms with Gasteiger partial charge in [-0.3, -0.25) is 0 Å². The molecule has 0 saturated heterocycles. The molecule has 5 heteroatoms. The highest BCUT2D eigenvalue weighted by molar-refractivity contribution is 5.83. The van der Waals surface area contributed by atoms with Crippen LogP contribution in [-0.2, 0) is 4.79 Å². The van der Waals surface area contributed by atoms with Gasteiger partial charge in [-0.2, -0.15) is 0 Å². The van der Waals surface area contributed by atoms with Crippen molar-refractivity contribution < 1.29 is 14.7 Å². The van der Waals surface area contributed by atoms with Crippen LogP contribution in [-0.4, -0.2) is 35.6 Å². The molecule has 1 aromatic rings. The molecule has 1 rings (SSSR count). The summed E-state index contributed by atoms with van der Waals surface area (Å²) in [6.45, 7) is 2.72. The van der Waals surface area contributed by atoms with E-state index in [1.165, 1.54) is 4.90 Å². The maximum atomic E-state index is 12.0. The Morgan fingerprint density at radius 3 is 2.45 bits per heavy atom. The number of benzene rings is 1. The smallest absolute Gasteiger partial charge is 0.330 e. The van der Waals surface area contributed by atoms with E-state index in [0.29, 0.717) is 12.1 Å². The number of aliphatic carboxylic acids is 1. The lowest BCUT2D eigenvalue weighted by atomic mass is 10.1. The normalized spacial score (nSPS) is 11.7. The molecule has 0 aromatic heterocycles. The van der Waals surface area contributed by atoms with Crippen LogP contribution in [0.2, 0.25) is 0 Å². The van der Waals surface area contributed by atoms with Crippen LogP contribution in [0.3, 0.4) is 0 Å². The van der Waals surface area contributed by atoms with Crippen molar-refractivity contribution in [3.63, 3.8) is 0 Å². The van der Waals surface area contributed by atoms with Gasteiger partial charge < -0.3 is 15.3 Å². The van der Waals surface area contributed by atoms with Gasteiger partial charge in [-0.05, 0) is 12.0 Å². The minimum Gasteiger partial charge on any atom is -0.479 e. The van der Waals surface area contributed by atoms with Crippen LogP contribution in [0.1, 0.15) is 37.8 Å². The fraction of sp³-hybridized carbons (Fsp3) is 0.467. The van der Waals surface area contributed by atoms with Crippen LogP contribution in [0.5, 0.6) is 0 Å². The molecule has 2 N–H and O–H groups in total. The predicted octanol–water partition coefficient (Wildman–Crippen LogP) is 2.64. The van der Waals surface area contributed by atoms with Crippen LogP contribution >= 0.6 is 0 Å². The van der Waals surface area contributed by atoms with Crippen molar-refractivity contribution >= 4 is 12.0 Å². The summed E-state index contributed by atoms with van der Waals surface area (Å²) in [4.78, 5) is 24.8. The number of hydrogen-bond donors (Lipinski definition) is 2. The van der Waals surface area contributed by atoms with Crippen LogP contribution in [0, 0.1) is 0 Å². The number of amides is 2. The van der Waals surface area contributed by atoms with Gasteiger partial charge in [0.05, 0.1) is 0 Å². The first kappa shape index (κ1) is 16.0. The Kier molecular flexibility index (Phi) is 6.56. The number of nitrogens with zero attached hydrogens (tertiary/aromatic N) is 1. The van der Waals surface area contributed by atoms with Gasteiger partial charge in [0, 0.05) is 13.6 Å². The molecule has 1 aromatic carbocycles. The number of hydrogen-bond acceptors (Lipinski definition) is 2. The van der Waals surface area contributed by atoms with Crippen molar-refractivity contribution in [2.75, 3.05) is 13.6 Å². The van der Waals surface area contributed by atoms with E-state index >= 15 is 0 Å². The minimum atomic E-state index is -1.06. The first-order chi connectivity index (χ1) is 9.56. The molecule has 1 atom stereocenters. The average Bonchev–Trinajstić information content (AvgIpc) is 2.45. The highest BCUT2D eigenvalue weighted by Gasteiger charge is 2.23. The first-order valence-corrected chi connectivity index (χ1v) is 6.85. The van der Waals surface area contributed by atoms with E-state index in [2.05, 4.69) is 12.2 Å². The monoisotopic (exact) mass is 278 g/mol. The van der Waals surface area contributed by atoms with Crippen molar-refractivity contribution in [3.05, 3.63) is 35.9 Å². The molecule has 0 radical (unpaired) electrons. The van der Waals surface area contributed by atoms with Crippen LogP contribution < -0.4 is 5.32 Å². The second-order valence-electron chi connectivity index (χ2n) is 4.76. The Bertz CT molecular complexity index is 434. The standard InChI is InChI=1S/C15H22N2O3/c1-3-4-8-11-17(2)15(20)16-13(14(18)19)12-9-6-5-7-10-12/h5-7,9-10,13H,3-4,8,11H2,1-2H3,(H,16,20)(H,18,19)/t13-/m1/s1. The summed E-state index contributed by atoms with van der Waals surface area (Å²) in [6.07, 6.45) is 3.05. The Hall–Kier alpha value is -2.04. The molecule has 0 fully saturated rings. The first-order valence-electron chi connectivity index (χ1n) is 6.85. The van der Waals surface area contributed by atoms with E-state index in [9.17, 15) is 14.7 Å². The number of urea groups is 1. The van der Waals surface area contributed by atoms with Gasteiger partial charge in [0.25, 0.3) is 0 Å². The Balaban J connectivity index is 2.62. The number of rotatable bonds is 7. The zero-order valence-electron chi connectivity index (χ0n) is 12.0. The molecule has 0 unspecified atom stereocenters. The van der Waals surface area contributed by atoms with Crippen molar-refractivity contribution in [2.45, 2.75) is 32.2 Å². The molecule has 0 heterocycles. The van der Waals surface area contributed by atoms with Gasteiger partial charge >= 0.3 is 12.0 Å². The maximum absolute atomic E-state index is 12.0. The molecule has 0 aliphatic carbocycles. The van der Waals surface area contributed by atoms with E-state index < -0.39 is 12.0 Å². The number of carboxylic acids is 1. The van der Waals surface area contributed by atoms with Gasteiger partial charge in [0.1, 0.15) is 0 Å². The van der Waals surface area contributed by atoms with Gasteiger partial charge in [-0.1, -0.05) is 50.1 Å². The summed E-state index contributed by atoms with van der Waals surface area (Å²) in [6, 6.07) is 7.31. The highest BCUT2D eigenvalue weighted by atomic mass is 16.4. The van der Waals surface area contributed by atoms with Crippen LogP contribution in [0.15, 0.2) is 30.3 Å². The maximum Gasteiger partial charge on any atom is 0.330 e. The molecular formula is C15H22N2O3. The molecule has 2 amide bonds. The van der Waals surface area contributed by atoms with Crippen LogP contribution in [0.4, 0.5) is 4.79 Å². The highest BCUT2D eigenvalue weighted by Crippen LogP contribution is 2.13. The molecule has 0 saturated carbocycles. The lowest BCUT2D eigenvalue weighted by molar-refractivity contribution is -0.139. The summed E-state index contributed by atoms with van der Waals surface area (Å²) in [5.74, 6) is -1.06. The summed E-state index contributed by atoms with van der Waals surface area (Å²) in [5.41, 5.74) is 0.565. The number of carboxylic acid groups (broad SMARTS) is 1. The largest absolute Gasteiger partial charge is 0.479 e. The van der Waals surface area contributed by atoms with Crippen molar-refractivity contribution in [2.24, 2.45) is 0 Å². The summed E-state index contributed by atoms with van der Waals surface area (Å²) in [5, 5.41) is 11.8. The summed E-state index contributed by atoms with van der Waals surface area (Å²) >= 11 is 0. The molecule has 0 aliphatic rings. The Labute approximate surface area is 119 Å². The zero-order chi connectivity index (χ0) is 15.0. The second-order valence-corrected chi connectivity index (χ2v) is 4.76. The second kappa shape index (κ2) is 8.19. The number of carbonyl (C=O) groups excluding carboxylic acids is 1. The number of nitrogens with one attached hydrogen (secondary N) is 1. The topological polar surface area (TPSA) is 69.6 Å². The molecule has 5 nitrogen and oxygen atoms in total. The molecule has 110 valence electrons. The quantitative estimate of drug-likeness (QED) is 0.753. The third-order valence-electron chi connectivity index (χ3n) is 3.09. The van der Waals surface area contributed by atoms with Crippen molar-refractivity contribution in [1.29, 1.82) is 0 Å². The Morgan fingerprint density at radius 1 is 1.25 bits per heavy atom. The average molecular weight is 278 g/mol. The molecule has 0 aliphatic heterocycles. The van der Waals surface area contributed by atoms with E-state index in [4.69, 9.17) is 0 Å². The van der Waals surface area contributed by atoms with Gasteiger partial charge in [0.15, 0.2) is 6.04 Å². The van der Waals surface area contributed by atoms with Crippen molar-refractivity contribution in [3.8, 4) is 0 Å².